The lowest BCUT2D eigenvalue weighted by Crippen LogP contribution is -2.48. The average molecular weight is 539 g/mol. The van der Waals surface area contributed by atoms with Gasteiger partial charge in [-0.1, -0.05) is 13.3 Å². The van der Waals surface area contributed by atoms with Crippen LogP contribution in [-0.4, -0.2) is 67.5 Å². The Morgan fingerprint density at radius 1 is 1.20 bits per heavy atom. The van der Waals surface area contributed by atoms with Gasteiger partial charge in [0.1, 0.15) is 5.60 Å². The maximum Gasteiger partial charge on any atom is 0.407 e. The van der Waals surface area contributed by atoms with Crippen molar-refractivity contribution in [3.8, 4) is 0 Å². The van der Waals surface area contributed by atoms with Crippen LogP contribution >= 0.6 is 24.0 Å². The van der Waals surface area contributed by atoms with Crippen molar-refractivity contribution in [3.05, 3.63) is 0 Å². The van der Waals surface area contributed by atoms with Crippen LogP contribution in [0.1, 0.15) is 73.1 Å². The molecule has 176 valence electrons. The molecule has 2 fully saturated rings. The van der Waals surface area contributed by atoms with E-state index in [0.717, 1.165) is 50.8 Å². The van der Waals surface area contributed by atoms with E-state index in [1.807, 2.05) is 20.8 Å². The molecule has 1 aliphatic carbocycles. The number of rotatable bonds is 9. The molecule has 30 heavy (non-hydrogen) atoms. The van der Waals surface area contributed by atoms with Gasteiger partial charge in [0.2, 0.25) is 0 Å². The van der Waals surface area contributed by atoms with E-state index in [1.165, 1.54) is 19.3 Å². The summed E-state index contributed by atoms with van der Waals surface area (Å²) in [4.78, 5) is 18.7. The maximum atomic E-state index is 11.6. The van der Waals surface area contributed by atoms with E-state index in [0.29, 0.717) is 25.3 Å². The molecule has 2 aliphatic rings. The van der Waals surface area contributed by atoms with Crippen LogP contribution in [0, 0.1) is 5.92 Å². The molecule has 2 atom stereocenters. The van der Waals surface area contributed by atoms with Gasteiger partial charge in [0, 0.05) is 38.8 Å². The molecule has 0 spiro atoms. The van der Waals surface area contributed by atoms with Crippen molar-refractivity contribution in [1.29, 1.82) is 0 Å². The number of hydrogen-bond acceptors (Lipinski definition) is 4. The molecule has 2 rings (SSSR count). The molecule has 1 heterocycles. The number of aliphatic imine (C=N–C) groups is 1. The summed E-state index contributed by atoms with van der Waals surface area (Å²) in [6.07, 6.45) is 6.63. The lowest BCUT2D eigenvalue weighted by atomic mass is 10.1. The van der Waals surface area contributed by atoms with E-state index >= 15 is 0 Å². The third-order valence-electron chi connectivity index (χ3n) is 5.29. The van der Waals surface area contributed by atoms with E-state index in [2.05, 4.69) is 29.4 Å². The number of hydrogen-bond donors (Lipinski definition) is 2. The molecule has 0 bridgehead atoms. The van der Waals surface area contributed by atoms with Gasteiger partial charge in [-0.25, -0.2) is 4.79 Å². The first-order chi connectivity index (χ1) is 13.8. The fraction of sp³-hybridized carbons (Fsp3) is 0.909. The molecule has 0 aromatic carbocycles. The Hall–Kier alpha value is -0.770. The Kier molecular flexibility index (Phi) is 12.4. The van der Waals surface area contributed by atoms with E-state index < -0.39 is 5.60 Å². The molecule has 1 amide bonds. The summed E-state index contributed by atoms with van der Waals surface area (Å²) in [7, 11) is 0. The zero-order valence-electron chi connectivity index (χ0n) is 19.5. The number of ether oxygens (including phenoxy) is 2. The van der Waals surface area contributed by atoms with Crippen LogP contribution < -0.4 is 10.6 Å². The molecular weight excluding hydrogens is 495 g/mol. The van der Waals surface area contributed by atoms with Gasteiger partial charge in [-0.15, -0.1) is 24.0 Å². The highest BCUT2D eigenvalue weighted by Crippen LogP contribution is 2.34. The molecule has 1 saturated carbocycles. The molecule has 8 heteroatoms. The zero-order valence-corrected chi connectivity index (χ0v) is 21.9. The van der Waals surface area contributed by atoms with Crippen molar-refractivity contribution in [3.63, 3.8) is 0 Å². The van der Waals surface area contributed by atoms with E-state index in [1.54, 1.807) is 0 Å². The van der Waals surface area contributed by atoms with Crippen LogP contribution in [0.25, 0.3) is 0 Å². The molecule has 2 unspecified atom stereocenters. The number of halogens is 1. The molecule has 0 aromatic rings. The third-order valence-corrected chi connectivity index (χ3v) is 5.29. The lowest BCUT2D eigenvalue weighted by Gasteiger charge is -2.34. The summed E-state index contributed by atoms with van der Waals surface area (Å²) in [6.45, 7) is 14.0. The summed E-state index contributed by atoms with van der Waals surface area (Å²) in [5, 5.41) is 6.46. The average Bonchev–Trinajstić information content (AvgIpc) is 3.38. The zero-order chi connectivity index (χ0) is 21.3. The van der Waals surface area contributed by atoms with Gasteiger partial charge in [-0.2, -0.15) is 0 Å². The number of guanidine groups is 1. The van der Waals surface area contributed by atoms with Crippen molar-refractivity contribution in [2.24, 2.45) is 10.9 Å². The van der Waals surface area contributed by atoms with E-state index in [-0.39, 0.29) is 30.1 Å². The number of nitrogens with one attached hydrogen (secondary N) is 2. The number of piperidine rings is 1. The Labute approximate surface area is 200 Å². The fourth-order valence-electron chi connectivity index (χ4n) is 3.73. The van der Waals surface area contributed by atoms with Gasteiger partial charge >= 0.3 is 6.09 Å². The Morgan fingerprint density at radius 2 is 1.90 bits per heavy atom. The van der Waals surface area contributed by atoms with Crippen LogP contribution in [0.2, 0.25) is 0 Å². The molecular formula is C22H43IN4O3. The first kappa shape index (κ1) is 27.3. The summed E-state index contributed by atoms with van der Waals surface area (Å²) >= 11 is 0. The van der Waals surface area contributed by atoms with Crippen molar-refractivity contribution in [2.75, 3.05) is 32.8 Å². The van der Waals surface area contributed by atoms with Crippen LogP contribution in [0.15, 0.2) is 4.99 Å². The van der Waals surface area contributed by atoms with Gasteiger partial charge in [-0.05, 0) is 65.7 Å². The van der Waals surface area contributed by atoms with Gasteiger partial charge < -0.3 is 25.0 Å². The summed E-state index contributed by atoms with van der Waals surface area (Å²) in [5.41, 5.74) is -0.459. The normalized spacial score (nSPS) is 22.3. The quantitative estimate of drug-likeness (QED) is 0.200. The Morgan fingerprint density at radius 3 is 2.50 bits per heavy atom. The largest absolute Gasteiger partial charge is 0.444 e. The molecule has 2 N–H and O–H groups in total. The number of alkyl carbamates (subject to hydrolysis) is 1. The molecule has 0 radical (unpaired) electrons. The predicted molar refractivity (Wildman–Crippen MR) is 133 cm³/mol. The standard InChI is InChI=1S/C22H42N4O3.HI/c1-6-9-17-16-19(17)25-20(23-7-2)26-13-10-18(11-14-26)28-15-8-12-24-21(27)29-22(3,4)5;/h17-19H,6-16H2,1-5H3,(H,23,25)(H,24,27);1H. The van der Waals surface area contributed by atoms with E-state index in [4.69, 9.17) is 14.5 Å². The minimum atomic E-state index is -0.459. The first-order valence-corrected chi connectivity index (χ1v) is 11.5. The fourth-order valence-corrected chi connectivity index (χ4v) is 3.73. The molecule has 1 saturated heterocycles. The smallest absolute Gasteiger partial charge is 0.407 e. The van der Waals surface area contributed by atoms with Crippen molar-refractivity contribution >= 4 is 36.0 Å². The second-order valence-corrected chi connectivity index (χ2v) is 9.17. The van der Waals surface area contributed by atoms with Crippen LogP contribution in [0.5, 0.6) is 0 Å². The van der Waals surface area contributed by atoms with Crippen molar-refractivity contribution in [1.82, 2.24) is 15.5 Å². The minimum absolute atomic E-state index is 0. The number of amides is 1. The van der Waals surface area contributed by atoms with E-state index in [9.17, 15) is 4.79 Å². The highest BCUT2D eigenvalue weighted by molar-refractivity contribution is 14.0. The SMILES string of the molecule is CCCC1CC1NC(=NCC)N1CCC(OCCCNC(=O)OC(C)(C)C)CC1.I. The van der Waals surface area contributed by atoms with Crippen molar-refractivity contribution in [2.45, 2.75) is 90.9 Å². The van der Waals surface area contributed by atoms with Gasteiger partial charge in [-0.3, -0.25) is 4.99 Å². The van der Waals surface area contributed by atoms with Crippen LogP contribution in [-0.2, 0) is 9.47 Å². The summed E-state index contributed by atoms with van der Waals surface area (Å²) in [6, 6.07) is 0.617. The third kappa shape index (κ3) is 10.5. The van der Waals surface area contributed by atoms with Gasteiger partial charge in [0.25, 0.3) is 0 Å². The first-order valence-electron chi connectivity index (χ1n) is 11.5. The second-order valence-electron chi connectivity index (χ2n) is 9.17. The summed E-state index contributed by atoms with van der Waals surface area (Å²) in [5.74, 6) is 1.91. The van der Waals surface area contributed by atoms with Gasteiger partial charge in [0.15, 0.2) is 5.96 Å². The molecule has 0 aromatic heterocycles. The lowest BCUT2D eigenvalue weighted by molar-refractivity contribution is 0.0169. The Bertz CT molecular complexity index is 531. The highest BCUT2D eigenvalue weighted by Gasteiger charge is 2.37. The minimum Gasteiger partial charge on any atom is -0.444 e. The van der Waals surface area contributed by atoms with Crippen LogP contribution in [0.3, 0.4) is 0 Å². The number of likely N-dealkylation sites (tertiary alicyclic amines) is 1. The molecule has 1 aliphatic heterocycles. The van der Waals surface area contributed by atoms with Crippen LogP contribution in [0.4, 0.5) is 4.79 Å². The monoisotopic (exact) mass is 538 g/mol. The van der Waals surface area contributed by atoms with Gasteiger partial charge in [0.05, 0.1) is 6.10 Å². The maximum absolute atomic E-state index is 11.6. The number of carbonyl (C=O) groups is 1. The predicted octanol–water partition coefficient (Wildman–Crippen LogP) is 4.15. The van der Waals surface area contributed by atoms with Crippen molar-refractivity contribution < 1.29 is 14.3 Å². The number of nitrogens with zero attached hydrogens (tertiary/aromatic N) is 2. The topological polar surface area (TPSA) is 75.2 Å². The summed E-state index contributed by atoms with van der Waals surface area (Å²) < 4.78 is 11.2. The second kappa shape index (κ2) is 13.6. The highest BCUT2D eigenvalue weighted by atomic mass is 127. The number of carbonyl (C=O) groups excluding carboxylic acids is 1. The molecule has 7 nitrogen and oxygen atoms in total. The Balaban J connectivity index is 0.00000450.